The number of rotatable bonds is 1. The lowest BCUT2D eigenvalue weighted by Gasteiger charge is -1.96. The molecule has 0 saturated heterocycles. The van der Waals surface area contributed by atoms with Crippen LogP contribution in [0.25, 0.3) is 11.3 Å². The maximum Gasteiger partial charge on any atom is 0.181 e. The third-order valence-electron chi connectivity index (χ3n) is 1.86. The summed E-state index contributed by atoms with van der Waals surface area (Å²) in [5.74, 6) is 0. The predicted octanol–water partition coefficient (Wildman–Crippen LogP) is 3.03. The van der Waals surface area contributed by atoms with Crippen LogP contribution in [0.3, 0.4) is 0 Å². The lowest BCUT2D eigenvalue weighted by atomic mass is 10.1. The molecule has 2 aromatic rings. The standard InChI is InChI=1S/C10H6BrN3S/c11-7-3-1-6(2-4-7)9-8(5-12)15-10(13)14-9/h1-4H,(H2,13,14). The molecule has 0 fully saturated rings. The molecule has 0 aliphatic rings. The van der Waals surface area contributed by atoms with E-state index in [1.54, 1.807) is 0 Å². The zero-order valence-electron chi connectivity index (χ0n) is 7.57. The molecule has 0 amide bonds. The Hall–Kier alpha value is -1.38. The van der Waals surface area contributed by atoms with Crippen LogP contribution >= 0.6 is 27.3 Å². The first-order valence-electron chi connectivity index (χ1n) is 4.13. The van der Waals surface area contributed by atoms with Crippen LogP contribution in [0, 0.1) is 11.3 Å². The van der Waals surface area contributed by atoms with Gasteiger partial charge in [0.2, 0.25) is 0 Å². The number of nitrogens with two attached hydrogens (primary N) is 1. The van der Waals surface area contributed by atoms with Crippen molar-refractivity contribution in [2.45, 2.75) is 0 Å². The Morgan fingerprint density at radius 2 is 2.00 bits per heavy atom. The zero-order chi connectivity index (χ0) is 10.8. The predicted molar refractivity (Wildman–Crippen MR) is 64.4 cm³/mol. The van der Waals surface area contributed by atoms with Gasteiger partial charge in [0, 0.05) is 10.0 Å². The topological polar surface area (TPSA) is 62.7 Å². The van der Waals surface area contributed by atoms with E-state index >= 15 is 0 Å². The number of nitrogen functional groups attached to an aromatic ring is 1. The Morgan fingerprint density at radius 3 is 2.60 bits per heavy atom. The largest absolute Gasteiger partial charge is 0.375 e. The number of thiazole rings is 1. The van der Waals surface area contributed by atoms with Crippen LogP contribution < -0.4 is 5.73 Å². The number of halogens is 1. The van der Waals surface area contributed by atoms with E-state index in [9.17, 15) is 0 Å². The number of hydrogen-bond donors (Lipinski definition) is 1. The van der Waals surface area contributed by atoms with Gasteiger partial charge in [0.1, 0.15) is 16.6 Å². The van der Waals surface area contributed by atoms with E-state index in [4.69, 9.17) is 11.0 Å². The van der Waals surface area contributed by atoms with Crippen LogP contribution in [0.4, 0.5) is 5.13 Å². The van der Waals surface area contributed by atoms with Gasteiger partial charge in [-0.2, -0.15) is 5.26 Å². The number of nitriles is 1. The third-order valence-corrected chi connectivity index (χ3v) is 3.18. The molecule has 0 saturated carbocycles. The van der Waals surface area contributed by atoms with E-state index in [-0.39, 0.29) is 0 Å². The van der Waals surface area contributed by atoms with Crippen molar-refractivity contribution < 1.29 is 0 Å². The van der Waals surface area contributed by atoms with E-state index in [0.717, 1.165) is 10.0 Å². The van der Waals surface area contributed by atoms with Crippen molar-refractivity contribution in [1.82, 2.24) is 4.98 Å². The lowest BCUT2D eigenvalue weighted by Crippen LogP contribution is -1.83. The molecule has 0 bridgehead atoms. The molecule has 0 aliphatic carbocycles. The molecule has 0 spiro atoms. The average Bonchev–Trinajstić information content (AvgIpc) is 2.61. The molecule has 5 heteroatoms. The van der Waals surface area contributed by atoms with Gasteiger partial charge in [-0.1, -0.05) is 39.4 Å². The number of nitrogens with zero attached hydrogens (tertiary/aromatic N) is 2. The summed E-state index contributed by atoms with van der Waals surface area (Å²) in [6.45, 7) is 0. The molecule has 1 aromatic carbocycles. The monoisotopic (exact) mass is 279 g/mol. The van der Waals surface area contributed by atoms with Crippen molar-refractivity contribution in [1.29, 1.82) is 5.26 Å². The smallest absolute Gasteiger partial charge is 0.181 e. The summed E-state index contributed by atoms with van der Waals surface area (Å²) < 4.78 is 0.993. The van der Waals surface area contributed by atoms with E-state index in [1.165, 1.54) is 11.3 Å². The first kappa shape index (κ1) is 10.1. The molecular weight excluding hydrogens is 274 g/mol. The summed E-state index contributed by atoms with van der Waals surface area (Å²) in [5, 5.41) is 9.32. The molecule has 0 aliphatic heterocycles. The molecule has 2 N–H and O–H groups in total. The summed E-state index contributed by atoms with van der Waals surface area (Å²) >= 11 is 4.56. The molecule has 1 aromatic heterocycles. The van der Waals surface area contributed by atoms with Crippen LogP contribution in [0.15, 0.2) is 28.7 Å². The van der Waals surface area contributed by atoms with Crippen molar-refractivity contribution in [3.05, 3.63) is 33.6 Å². The fourth-order valence-corrected chi connectivity index (χ4v) is 2.13. The van der Waals surface area contributed by atoms with Gasteiger partial charge in [0.15, 0.2) is 5.13 Å². The van der Waals surface area contributed by atoms with Gasteiger partial charge in [-0.25, -0.2) is 4.98 Å². The van der Waals surface area contributed by atoms with Crippen molar-refractivity contribution in [3.8, 4) is 17.3 Å². The van der Waals surface area contributed by atoms with Crippen LogP contribution in [0.1, 0.15) is 4.88 Å². The molecule has 0 unspecified atom stereocenters. The highest BCUT2D eigenvalue weighted by Crippen LogP contribution is 2.29. The third kappa shape index (κ3) is 2.01. The van der Waals surface area contributed by atoms with Crippen LogP contribution in [0.5, 0.6) is 0 Å². The second-order valence-corrected chi connectivity index (χ2v) is 4.79. The fourth-order valence-electron chi connectivity index (χ4n) is 1.22. The highest BCUT2D eigenvalue weighted by molar-refractivity contribution is 9.10. The average molecular weight is 280 g/mol. The van der Waals surface area contributed by atoms with Crippen molar-refractivity contribution >= 4 is 32.4 Å². The minimum absolute atomic E-state index is 0.421. The molecule has 0 radical (unpaired) electrons. The quantitative estimate of drug-likeness (QED) is 0.873. The van der Waals surface area contributed by atoms with E-state index in [2.05, 4.69) is 27.0 Å². The maximum absolute atomic E-state index is 8.90. The summed E-state index contributed by atoms with van der Waals surface area (Å²) in [5.41, 5.74) is 7.13. The molecule has 0 atom stereocenters. The van der Waals surface area contributed by atoms with Crippen molar-refractivity contribution in [2.75, 3.05) is 5.73 Å². The van der Waals surface area contributed by atoms with Gasteiger partial charge in [0.05, 0.1) is 0 Å². The number of hydrogen-bond acceptors (Lipinski definition) is 4. The normalized spacial score (nSPS) is 9.87. The molecule has 2 rings (SSSR count). The zero-order valence-corrected chi connectivity index (χ0v) is 9.97. The van der Waals surface area contributed by atoms with Gasteiger partial charge < -0.3 is 5.73 Å². The Morgan fingerprint density at radius 1 is 1.33 bits per heavy atom. The molecule has 15 heavy (non-hydrogen) atoms. The second-order valence-electron chi connectivity index (χ2n) is 2.85. The minimum atomic E-state index is 0.421. The van der Waals surface area contributed by atoms with Crippen LogP contribution in [-0.4, -0.2) is 4.98 Å². The summed E-state index contributed by atoms with van der Waals surface area (Å²) in [6.07, 6.45) is 0. The first-order valence-corrected chi connectivity index (χ1v) is 5.74. The summed E-state index contributed by atoms with van der Waals surface area (Å²) in [6, 6.07) is 9.72. The first-order chi connectivity index (χ1) is 7.20. The second kappa shape index (κ2) is 4.01. The number of benzene rings is 1. The Bertz CT molecular complexity index is 525. The molecule has 74 valence electrons. The van der Waals surface area contributed by atoms with Crippen LogP contribution in [-0.2, 0) is 0 Å². The molecule has 3 nitrogen and oxygen atoms in total. The molecule has 1 heterocycles. The Kier molecular flexibility index (Phi) is 2.71. The Labute approximate surface area is 99.3 Å². The van der Waals surface area contributed by atoms with Gasteiger partial charge in [0.25, 0.3) is 0 Å². The fraction of sp³-hybridized carbons (Fsp3) is 0. The number of aromatic nitrogens is 1. The summed E-state index contributed by atoms with van der Waals surface area (Å²) in [4.78, 5) is 4.69. The maximum atomic E-state index is 8.90. The Balaban J connectivity index is 2.54. The lowest BCUT2D eigenvalue weighted by molar-refractivity contribution is 1.39. The van der Waals surface area contributed by atoms with E-state index < -0.39 is 0 Å². The molecular formula is C10H6BrN3S. The van der Waals surface area contributed by atoms with Crippen molar-refractivity contribution in [3.63, 3.8) is 0 Å². The van der Waals surface area contributed by atoms with E-state index in [1.807, 2.05) is 24.3 Å². The number of anilines is 1. The van der Waals surface area contributed by atoms with Crippen molar-refractivity contribution in [2.24, 2.45) is 0 Å². The minimum Gasteiger partial charge on any atom is -0.375 e. The van der Waals surface area contributed by atoms with Gasteiger partial charge in [-0.15, -0.1) is 0 Å². The highest BCUT2D eigenvalue weighted by atomic mass is 79.9. The SMILES string of the molecule is N#Cc1sc(N)nc1-c1ccc(Br)cc1. The highest BCUT2D eigenvalue weighted by Gasteiger charge is 2.10. The van der Waals surface area contributed by atoms with E-state index in [0.29, 0.717) is 15.7 Å². The van der Waals surface area contributed by atoms with Gasteiger partial charge >= 0.3 is 0 Å². The van der Waals surface area contributed by atoms with Crippen LogP contribution in [0.2, 0.25) is 0 Å². The summed E-state index contributed by atoms with van der Waals surface area (Å²) in [7, 11) is 0. The van der Waals surface area contributed by atoms with Gasteiger partial charge in [-0.05, 0) is 12.1 Å². The van der Waals surface area contributed by atoms with Gasteiger partial charge in [-0.3, -0.25) is 0 Å².